The highest BCUT2D eigenvalue weighted by Crippen LogP contribution is 2.21. The monoisotopic (exact) mass is 394 g/mol. The summed E-state index contributed by atoms with van der Waals surface area (Å²) in [7, 11) is 0. The summed E-state index contributed by atoms with van der Waals surface area (Å²) in [5.74, 6) is 0.537. The summed E-state index contributed by atoms with van der Waals surface area (Å²) in [5, 5.41) is 9.46. The van der Waals surface area contributed by atoms with Gasteiger partial charge in [0.1, 0.15) is 5.75 Å². The van der Waals surface area contributed by atoms with E-state index in [1.807, 2.05) is 30.0 Å². The van der Waals surface area contributed by atoms with E-state index < -0.39 is 0 Å². The minimum absolute atomic E-state index is 0.0831. The van der Waals surface area contributed by atoms with Gasteiger partial charge < -0.3 is 19.8 Å². The van der Waals surface area contributed by atoms with Crippen LogP contribution in [0.5, 0.6) is 5.75 Å². The molecule has 2 saturated heterocycles. The van der Waals surface area contributed by atoms with Crippen molar-refractivity contribution in [2.45, 2.75) is 13.0 Å². The maximum absolute atomic E-state index is 13.1. The third-order valence-corrected chi connectivity index (χ3v) is 6.15. The number of benzene rings is 2. The molecule has 4 rings (SSSR count). The predicted molar refractivity (Wildman–Crippen MR) is 117 cm³/mol. The van der Waals surface area contributed by atoms with Crippen LogP contribution in [0.15, 0.2) is 54.6 Å². The minimum Gasteiger partial charge on any atom is -0.508 e. The fourth-order valence-electron chi connectivity index (χ4n) is 4.28. The lowest BCUT2D eigenvalue weighted by molar-refractivity contribution is -0.136. The summed E-state index contributed by atoms with van der Waals surface area (Å²) >= 11 is 0. The third-order valence-electron chi connectivity index (χ3n) is 6.15. The molecular formula is C23H30N4O2. The number of nitrogens with zero attached hydrogens (tertiary/aromatic N) is 4. The van der Waals surface area contributed by atoms with Crippen molar-refractivity contribution in [2.24, 2.45) is 0 Å². The molecule has 2 aliphatic heterocycles. The second kappa shape index (κ2) is 8.74. The molecule has 1 unspecified atom stereocenters. The van der Waals surface area contributed by atoms with Crippen LogP contribution < -0.4 is 9.80 Å². The summed E-state index contributed by atoms with van der Waals surface area (Å²) < 4.78 is 0. The van der Waals surface area contributed by atoms with Crippen molar-refractivity contribution in [1.82, 2.24) is 9.80 Å². The number of aromatic hydroxyl groups is 1. The van der Waals surface area contributed by atoms with Crippen LogP contribution in [0.25, 0.3) is 0 Å². The smallest absolute Gasteiger partial charge is 0.239 e. The van der Waals surface area contributed by atoms with Gasteiger partial charge in [-0.25, -0.2) is 0 Å². The standard InChI is InChI=1S/C23H30N4O2/c1-19(24-11-13-26(14-12-24)21-7-9-22(28)10-8-21)23(29)27-17-15-25(16-18-27)20-5-3-2-4-6-20/h2-10,19,28H,11-18H2,1H3. The molecule has 0 aromatic heterocycles. The van der Waals surface area contributed by atoms with Gasteiger partial charge in [-0.15, -0.1) is 0 Å². The molecule has 2 aromatic rings. The fourth-order valence-corrected chi connectivity index (χ4v) is 4.28. The van der Waals surface area contributed by atoms with Gasteiger partial charge in [0.15, 0.2) is 0 Å². The van der Waals surface area contributed by atoms with Gasteiger partial charge in [-0.1, -0.05) is 18.2 Å². The lowest BCUT2D eigenvalue weighted by Crippen LogP contribution is -2.57. The normalized spacial score (nSPS) is 19.3. The fraction of sp³-hybridized carbons (Fsp3) is 0.435. The summed E-state index contributed by atoms with van der Waals surface area (Å²) in [6.07, 6.45) is 0. The van der Waals surface area contributed by atoms with E-state index in [-0.39, 0.29) is 11.9 Å². The first-order valence-corrected chi connectivity index (χ1v) is 10.5. The number of para-hydroxylation sites is 1. The predicted octanol–water partition coefficient (Wildman–Crippen LogP) is 2.25. The highest BCUT2D eigenvalue weighted by atomic mass is 16.3. The first kappa shape index (κ1) is 19.6. The van der Waals surface area contributed by atoms with Crippen LogP contribution in [0, 0.1) is 0 Å². The Hall–Kier alpha value is -2.73. The molecule has 6 heteroatoms. The molecule has 0 saturated carbocycles. The van der Waals surface area contributed by atoms with Crippen LogP contribution in [0.4, 0.5) is 11.4 Å². The SMILES string of the molecule is CC(C(=O)N1CCN(c2ccccc2)CC1)N1CCN(c2ccc(O)cc2)CC1. The molecule has 0 aliphatic carbocycles. The highest BCUT2D eigenvalue weighted by Gasteiger charge is 2.30. The molecule has 2 heterocycles. The zero-order chi connectivity index (χ0) is 20.2. The molecule has 1 amide bonds. The molecule has 0 radical (unpaired) electrons. The topological polar surface area (TPSA) is 50.3 Å². The quantitative estimate of drug-likeness (QED) is 0.862. The Morgan fingerprint density at radius 1 is 0.759 bits per heavy atom. The molecular weight excluding hydrogens is 364 g/mol. The molecule has 29 heavy (non-hydrogen) atoms. The number of rotatable bonds is 4. The molecule has 0 bridgehead atoms. The number of hydrogen-bond acceptors (Lipinski definition) is 5. The van der Waals surface area contributed by atoms with Crippen molar-refractivity contribution < 1.29 is 9.90 Å². The van der Waals surface area contributed by atoms with E-state index in [9.17, 15) is 9.90 Å². The van der Waals surface area contributed by atoms with Crippen LogP contribution in [0.2, 0.25) is 0 Å². The van der Waals surface area contributed by atoms with E-state index in [0.29, 0.717) is 5.75 Å². The molecule has 2 aromatic carbocycles. The van der Waals surface area contributed by atoms with Gasteiger partial charge in [0.2, 0.25) is 5.91 Å². The summed E-state index contributed by atoms with van der Waals surface area (Å²) in [6.45, 7) is 8.91. The van der Waals surface area contributed by atoms with Crippen LogP contribution in [-0.2, 0) is 4.79 Å². The number of phenols is 1. The third kappa shape index (κ3) is 4.48. The Morgan fingerprint density at radius 2 is 1.28 bits per heavy atom. The molecule has 2 fully saturated rings. The number of hydrogen-bond donors (Lipinski definition) is 1. The zero-order valence-corrected chi connectivity index (χ0v) is 17.1. The highest BCUT2D eigenvalue weighted by molar-refractivity contribution is 5.81. The molecule has 1 atom stereocenters. The molecule has 1 N–H and O–H groups in total. The lowest BCUT2D eigenvalue weighted by atomic mass is 10.1. The Kier molecular flexibility index (Phi) is 5.90. The maximum atomic E-state index is 13.1. The van der Waals surface area contributed by atoms with Crippen molar-refractivity contribution in [1.29, 1.82) is 0 Å². The number of anilines is 2. The van der Waals surface area contributed by atoms with Crippen LogP contribution in [-0.4, -0.2) is 79.2 Å². The molecule has 154 valence electrons. The van der Waals surface area contributed by atoms with E-state index in [2.05, 4.69) is 39.0 Å². The van der Waals surface area contributed by atoms with Crippen molar-refractivity contribution >= 4 is 17.3 Å². The Morgan fingerprint density at radius 3 is 1.86 bits per heavy atom. The van der Waals surface area contributed by atoms with Gasteiger partial charge in [0.25, 0.3) is 0 Å². The molecule has 0 spiro atoms. The van der Waals surface area contributed by atoms with E-state index in [0.717, 1.165) is 58.0 Å². The Balaban J connectivity index is 1.27. The van der Waals surface area contributed by atoms with Gasteiger partial charge in [0.05, 0.1) is 6.04 Å². The second-order valence-electron chi connectivity index (χ2n) is 7.86. The van der Waals surface area contributed by atoms with Crippen LogP contribution in [0.1, 0.15) is 6.92 Å². The summed E-state index contributed by atoms with van der Waals surface area (Å²) in [6, 6.07) is 17.7. The van der Waals surface area contributed by atoms with E-state index in [4.69, 9.17) is 0 Å². The van der Waals surface area contributed by atoms with Crippen molar-refractivity contribution in [3.63, 3.8) is 0 Å². The van der Waals surface area contributed by atoms with Crippen molar-refractivity contribution in [3.05, 3.63) is 54.6 Å². The van der Waals surface area contributed by atoms with E-state index in [1.54, 1.807) is 12.1 Å². The minimum atomic E-state index is -0.0831. The lowest BCUT2D eigenvalue weighted by Gasteiger charge is -2.42. The van der Waals surface area contributed by atoms with Gasteiger partial charge in [-0.3, -0.25) is 9.69 Å². The Bertz CT molecular complexity index is 795. The van der Waals surface area contributed by atoms with E-state index >= 15 is 0 Å². The number of carbonyl (C=O) groups excluding carboxylic acids is 1. The Labute approximate surface area is 172 Å². The van der Waals surface area contributed by atoms with Gasteiger partial charge in [-0.05, 0) is 43.3 Å². The molecule has 6 nitrogen and oxygen atoms in total. The number of piperazine rings is 2. The maximum Gasteiger partial charge on any atom is 0.239 e. The number of phenolic OH excluding ortho intramolecular Hbond substituents is 1. The average Bonchev–Trinajstić information content (AvgIpc) is 2.79. The van der Waals surface area contributed by atoms with Gasteiger partial charge in [-0.2, -0.15) is 0 Å². The number of amides is 1. The molecule has 2 aliphatic rings. The largest absolute Gasteiger partial charge is 0.508 e. The first-order chi connectivity index (χ1) is 14.1. The van der Waals surface area contributed by atoms with E-state index in [1.165, 1.54) is 5.69 Å². The summed E-state index contributed by atoms with van der Waals surface area (Å²) in [5.41, 5.74) is 2.36. The first-order valence-electron chi connectivity index (χ1n) is 10.5. The summed E-state index contributed by atoms with van der Waals surface area (Å²) in [4.78, 5) is 22.0. The van der Waals surface area contributed by atoms with Crippen molar-refractivity contribution in [2.75, 3.05) is 62.2 Å². The van der Waals surface area contributed by atoms with Gasteiger partial charge >= 0.3 is 0 Å². The van der Waals surface area contributed by atoms with Crippen molar-refractivity contribution in [3.8, 4) is 5.75 Å². The van der Waals surface area contributed by atoms with Crippen LogP contribution >= 0.6 is 0 Å². The zero-order valence-electron chi connectivity index (χ0n) is 17.1. The average molecular weight is 395 g/mol. The van der Waals surface area contributed by atoms with Crippen LogP contribution in [0.3, 0.4) is 0 Å². The van der Waals surface area contributed by atoms with Gasteiger partial charge in [0, 0.05) is 63.7 Å². The number of carbonyl (C=O) groups is 1. The second-order valence-corrected chi connectivity index (χ2v) is 7.86.